The van der Waals surface area contributed by atoms with E-state index in [9.17, 15) is 0 Å². The quantitative estimate of drug-likeness (QED) is 0.472. The van der Waals surface area contributed by atoms with E-state index in [2.05, 4.69) is 46.2 Å². The van der Waals surface area contributed by atoms with Gasteiger partial charge in [-0.2, -0.15) is 5.10 Å². The number of rotatable bonds is 3. The first-order valence-electron chi connectivity index (χ1n) is 9.35. The van der Waals surface area contributed by atoms with Gasteiger partial charge in [0.1, 0.15) is 12.0 Å². The Morgan fingerprint density at radius 3 is 2.43 bits per heavy atom. The Morgan fingerprint density at radius 1 is 0.700 bits per heavy atom. The van der Waals surface area contributed by atoms with E-state index < -0.39 is 0 Å². The van der Waals surface area contributed by atoms with Crippen LogP contribution < -0.4 is 0 Å². The third-order valence-corrected chi connectivity index (χ3v) is 5.04. The third kappa shape index (κ3) is 2.62. The van der Waals surface area contributed by atoms with E-state index in [-0.39, 0.29) is 0 Å². The summed E-state index contributed by atoms with van der Waals surface area (Å²) in [5, 5.41) is 9.58. The Bertz CT molecular complexity index is 1490. The third-order valence-electron chi connectivity index (χ3n) is 5.04. The van der Waals surface area contributed by atoms with Gasteiger partial charge in [0, 0.05) is 58.4 Å². The van der Waals surface area contributed by atoms with E-state index in [0.29, 0.717) is 0 Å². The first-order chi connectivity index (χ1) is 14.9. The maximum atomic E-state index is 4.58. The van der Waals surface area contributed by atoms with Crippen molar-refractivity contribution in [2.45, 2.75) is 0 Å². The van der Waals surface area contributed by atoms with Gasteiger partial charge in [-0.05, 0) is 30.3 Å². The van der Waals surface area contributed by atoms with Gasteiger partial charge in [-0.3, -0.25) is 20.1 Å². The van der Waals surface area contributed by atoms with Crippen molar-refractivity contribution in [3.05, 3.63) is 73.8 Å². The molecular formula is C22H14N8. The van der Waals surface area contributed by atoms with Crippen molar-refractivity contribution in [2.24, 2.45) is 0 Å². The van der Waals surface area contributed by atoms with Crippen molar-refractivity contribution in [3.8, 4) is 33.9 Å². The van der Waals surface area contributed by atoms with Crippen LogP contribution in [0, 0.1) is 0 Å². The van der Waals surface area contributed by atoms with Crippen LogP contribution in [0.1, 0.15) is 0 Å². The van der Waals surface area contributed by atoms with Crippen LogP contribution in [-0.4, -0.2) is 40.1 Å². The molecule has 0 radical (unpaired) electrons. The molecule has 0 fully saturated rings. The SMILES string of the molecule is c1cncc(-c2nccc3[nH]c(-c4n[nH]c5cnc(-c6cncnc6)cc45)cc23)c1. The summed E-state index contributed by atoms with van der Waals surface area (Å²) in [7, 11) is 0. The number of nitrogens with zero attached hydrogens (tertiary/aromatic N) is 6. The van der Waals surface area contributed by atoms with Gasteiger partial charge < -0.3 is 4.98 Å². The highest BCUT2D eigenvalue weighted by Crippen LogP contribution is 2.33. The number of hydrogen-bond acceptors (Lipinski definition) is 6. The lowest BCUT2D eigenvalue weighted by molar-refractivity contribution is 1.11. The molecule has 0 spiro atoms. The van der Waals surface area contributed by atoms with Crippen LogP contribution in [0.25, 0.3) is 55.7 Å². The smallest absolute Gasteiger partial charge is 0.116 e. The molecule has 0 saturated carbocycles. The molecule has 6 heterocycles. The standard InChI is InChI=1S/C22H14N8/c1-2-13(8-23-4-1)21-15-7-19(28-17(15)3-5-26-21)22-16-6-18(14-9-24-12-25-10-14)27-11-20(16)29-30-22/h1-12,28H,(H,29,30). The van der Waals surface area contributed by atoms with Gasteiger partial charge >= 0.3 is 0 Å². The number of pyridine rings is 3. The molecule has 0 aliphatic rings. The van der Waals surface area contributed by atoms with Gasteiger partial charge in [-0.1, -0.05) is 0 Å². The first-order valence-corrected chi connectivity index (χ1v) is 9.35. The van der Waals surface area contributed by atoms with Gasteiger partial charge in [-0.25, -0.2) is 9.97 Å². The van der Waals surface area contributed by atoms with Crippen LogP contribution in [-0.2, 0) is 0 Å². The normalized spacial score (nSPS) is 11.3. The zero-order chi connectivity index (χ0) is 19.9. The second-order valence-corrected chi connectivity index (χ2v) is 6.86. The summed E-state index contributed by atoms with van der Waals surface area (Å²) in [6.07, 6.45) is 12.1. The molecule has 0 atom stereocenters. The monoisotopic (exact) mass is 390 g/mol. The summed E-state index contributed by atoms with van der Waals surface area (Å²) in [5.41, 5.74) is 7.05. The Balaban J connectivity index is 1.52. The van der Waals surface area contributed by atoms with Crippen LogP contribution in [0.3, 0.4) is 0 Å². The second-order valence-electron chi connectivity index (χ2n) is 6.86. The van der Waals surface area contributed by atoms with Crippen molar-refractivity contribution in [3.63, 3.8) is 0 Å². The minimum Gasteiger partial charge on any atom is -0.353 e. The first kappa shape index (κ1) is 16.5. The van der Waals surface area contributed by atoms with Crippen LogP contribution in [0.4, 0.5) is 0 Å². The molecule has 30 heavy (non-hydrogen) atoms. The molecule has 6 aromatic rings. The van der Waals surface area contributed by atoms with E-state index in [1.54, 1.807) is 31.0 Å². The molecule has 142 valence electrons. The Hall–Kier alpha value is -4.46. The molecule has 0 amide bonds. The summed E-state index contributed by atoms with van der Waals surface area (Å²) in [4.78, 5) is 24.9. The van der Waals surface area contributed by atoms with E-state index in [1.165, 1.54) is 6.33 Å². The highest BCUT2D eigenvalue weighted by atomic mass is 15.1. The fourth-order valence-electron chi connectivity index (χ4n) is 3.63. The lowest BCUT2D eigenvalue weighted by Crippen LogP contribution is -1.86. The van der Waals surface area contributed by atoms with Crippen molar-refractivity contribution in [1.82, 2.24) is 40.1 Å². The highest BCUT2D eigenvalue weighted by molar-refractivity contribution is 6.00. The average Bonchev–Trinajstić information content (AvgIpc) is 3.43. The topological polar surface area (TPSA) is 109 Å². The lowest BCUT2D eigenvalue weighted by atomic mass is 10.1. The molecule has 6 aromatic heterocycles. The average molecular weight is 390 g/mol. The molecule has 8 heteroatoms. The molecule has 0 unspecified atom stereocenters. The molecule has 0 aliphatic carbocycles. The van der Waals surface area contributed by atoms with E-state index >= 15 is 0 Å². The minimum absolute atomic E-state index is 0.791. The van der Waals surface area contributed by atoms with Crippen LogP contribution >= 0.6 is 0 Å². The number of fused-ring (bicyclic) bond motifs is 2. The van der Waals surface area contributed by atoms with Crippen molar-refractivity contribution in [2.75, 3.05) is 0 Å². The molecular weight excluding hydrogens is 376 g/mol. The van der Waals surface area contributed by atoms with Crippen LogP contribution in [0.2, 0.25) is 0 Å². The molecule has 0 saturated heterocycles. The summed E-state index contributed by atoms with van der Waals surface area (Å²) in [5.74, 6) is 0. The van der Waals surface area contributed by atoms with Gasteiger partial charge in [0.2, 0.25) is 0 Å². The summed E-state index contributed by atoms with van der Waals surface area (Å²) < 4.78 is 0. The number of H-pyrrole nitrogens is 2. The maximum absolute atomic E-state index is 4.58. The summed E-state index contributed by atoms with van der Waals surface area (Å²) in [6.45, 7) is 0. The number of hydrogen-bond donors (Lipinski definition) is 2. The Kier molecular flexibility index (Phi) is 3.60. The second kappa shape index (κ2) is 6.56. The van der Waals surface area contributed by atoms with Crippen molar-refractivity contribution >= 4 is 21.8 Å². The van der Waals surface area contributed by atoms with E-state index in [0.717, 1.165) is 55.7 Å². The predicted molar refractivity (Wildman–Crippen MR) is 113 cm³/mol. The molecule has 2 N–H and O–H groups in total. The molecule has 6 rings (SSSR count). The number of nitrogens with one attached hydrogen (secondary N) is 2. The van der Waals surface area contributed by atoms with Crippen molar-refractivity contribution in [1.29, 1.82) is 0 Å². The summed E-state index contributed by atoms with van der Waals surface area (Å²) >= 11 is 0. The van der Waals surface area contributed by atoms with Crippen LogP contribution in [0.5, 0.6) is 0 Å². The molecule has 0 aromatic carbocycles. The van der Waals surface area contributed by atoms with Gasteiger partial charge in [0.05, 0.1) is 28.8 Å². The fraction of sp³-hybridized carbons (Fsp3) is 0. The number of aromatic amines is 2. The van der Waals surface area contributed by atoms with Gasteiger partial charge in [-0.15, -0.1) is 0 Å². The van der Waals surface area contributed by atoms with Gasteiger partial charge in [0.15, 0.2) is 0 Å². The number of aromatic nitrogens is 8. The van der Waals surface area contributed by atoms with Crippen molar-refractivity contribution < 1.29 is 0 Å². The molecule has 8 nitrogen and oxygen atoms in total. The zero-order valence-electron chi connectivity index (χ0n) is 15.6. The predicted octanol–water partition coefficient (Wildman–Crippen LogP) is 4.02. The molecule has 0 bridgehead atoms. The van der Waals surface area contributed by atoms with E-state index in [1.807, 2.05) is 30.5 Å². The largest absolute Gasteiger partial charge is 0.353 e. The minimum atomic E-state index is 0.791. The highest BCUT2D eigenvalue weighted by Gasteiger charge is 2.15. The van der Waals surface area contributed by atoms with E-state index in [4.69, 9.17) is 0 Å². The summed E-state index contributed by atoms with van der Waals surface area (Å²) in [6, 6.07) is 9.95. The lowest BCUT2D eigenvalue weighted by Gasteiger charge is -2.00. The Morgan fingerprint density at radius 2 is 1.57 bits per heavy atom. The van der Waals surface area contributed by atoms with Crippen LogP contribution in [0.15, 0.2) is 73.8 Å². The zero-order valence-corrected chi connectivity index (χ0v) is 15.6. The Labute approximate surface area is 170 Å². The fourth-order valence-corrected chi connectivity index (χ4v) is 3.63. The maximum Gasteiger partial charge on any atom is 0.116 e. The van der Waals surface area contributed by atoms with Gasteiger partial charge in [0.25, 0.3) is 0 Å². The molecule has 0 aliphatic heterocycles.